The second-order valence-electron chi connectivity index (χ2n) is 10.8. The number of nitrogens with one attached hydrogen (secondary N) is 1. The molecule has 5 rings (SSSR count). The Labute approximate surface area is 200 Å². The van der Waals surface area contributed by atoms with Crippen LogP contribution in [0.2, 0.25) is 0 Å². The topological polar surface area (TPSA) is 78.7 Å². The molecule has 7 nitrogen and oxygen atoms in total. The van der Waals surface area contributed by atoms with Crippen LogP contribution in [-0.4, -0.2) is 61.4 Å². The summed E-state index contributed by atoms with van der Waals surface area (Å²) in [5.74, 6) is 1.76. The number of fused-ring (bicyclic) bond motifs is 2. The van der Waals surface area contributed by atoms with Gasteiger partial charge in [-0.1, -0.05) is 13.8 Å². The maximum atomic E-state index is 9.99. The molecule has 4 heterocycles. The highest BCUT2D eigenvalue weighted by Gasteiger charge is 2.31. The molecule has 0 saturated carbocycles. The smallest absolute Gasteiger partial charge is 0.163 e. The zero-order valence-corrected chi connectivity index (χ0v) is 21.0. The number of H-pyrrole nitrogens is 1. The number of β-amino-alcohol motifs (C(OH)–C–C–N with tert-alkyl or cyclic N) is 1. The van der Waals surface area contributed by atoms with E-state index in [4.69, 9.17) is 4.74 Å². The summed E-state index contributed by atoms with van der Waals surface area (Å²) in [4.78, 5) is 5.97. The van der Waals surface area contributed by atoms with Gasteiger partial charge in [0.05, 0.1) is 17.9 Å². The summed E-state index contributed by atoms with van der Waals surface area (Å²) in [7, 11) is 0. The van der Waals surface area contributed by atoms with E-state index in [0.717, 1.165) is 41.3 Å². The van der Waals surface area contributed by atoms with Crippen molar-refractivity contribution in [2.75, 3.05) is 26.2 Å². The highest BCUT2D eigenvalue weighted by Crippen LogP contribution is 2.39. The van der Waals surface area contributed by atoms with Crippen LogP contribution in [0.5, 0.6) is 5.75 Å². The molecule has 0 spiro atoms. The van der Waals surface area contributed by atoms with E-state index in [1.54, 1.807) is 6.33 Å². The fourth-order valence-corrected chi connectivity index (χ4v) is 5.23. The quantitative estimate of drug-likeness (QED) is 0.417. The SMILES string of the molecule is Cc1c(-c2[nH]c3ccc(OCC4CN(CC(C)(C)O)C4)cc3c2C(C)C)cn2cnnc2c1C. The van der Waals surface area contributed by atoms with Crippen LogP contribution < -0.4 is 4.74 Å². The minimum absolute atomic E-state index is 0.345. The third-order valence-corrected chi connectivity index (χ3v) is 6.93. The Balaban J connectivity index is 1.42. The standard InChI is InChI=1S/C27H35N5O2/c1-16(2)24-21-9-20(34-13-19-10-31(11-19)14-27(5,6)33)7-8-23(21)29-25(24)22-12-32-15-28-30-26(32)18(4)17(22)3/h7-9,12,15-16,19,29,33H,10-11,13-14H2,1-6H3. The lowest BCUT2D eigenvalue weighted by Crippen LogP contribution is -2.53. The Bertz CT molecular complexity index is 1340. The van der Waals surface area contributed by atoms with Crippen LogP contribution in [0.25, 0.3) is 27.8 Å². The Morgan fingerprint density at radius 3 is 2.68 bits per heavy atom. The van der Waals surface area contributed by atoms with Crippen molar-refractivity contribution in [3.8, 4) is 17.0 Å². The number of aryl methyl sites for hydroxylation is 1. The maximum absolute atomic E-state index is 9.99. The van der Waals surface area contributed by atoms with Gasteiger partial charge in [0.2, 0.25) is 0 Å². The number of pyridine rings is 1. The van der Waals surface area contributed by atoms with Crippen LogP contribution in [0.4, 0.5) is 0 Å². The monoisotopic (exact) mass is 461 g/mol. The number of rotatable bonds is 7. The first-order valence-electron chi connectivity index (χ1n) is 12.1. The van der Waals surface area contributed by atoms with Crippen LogP contribution in [-0.2, 0) is 0 Å². The number of likely N-dealkylation sites (tertiary alicyclic amines) is 1. The van der Waals surface area contributed by atoms with Crippen LogP contribution >= 0.6 is 0 Å². The summed E-state index contributed by atoms with van der Waals surface area (Å²) in [6.45, 7) is 15.8. The van der Waals surface area contributed by atoms with Crippen LogP contribution in [0.3, 0.4) is 0 Å². The van der Waals surface area contributed by atoms with Gasteiger partial charge < -0.3 is 14.8 Å². The lowest BCUT2D eigenvalue weighted by molar-refractivity contribution is -0.0179. The molecular weight excluding hydrogens is 426 g/mol. The van der Waals surface area contributed by atoms with Gasteiger partial charge in [0, 0.05) is 48.2 Å². The van der Waals surface area contributed by atoms with E-state index in [2.05, 4.69) is 72.2 Å². The summed E-state index contributed by atoms with van der Waals surface area (Å²) in [5, 5.41) is 19.6. The van der Waals surface area contributed by atoms with E-state index in [-0.39, 0.29) is 0 Å². The van der Waals surface area contributed by atoms with Crippen molar-refractivity contribution >= 4 is 16.6 Å². The molecule has 1 saturated heterocycles. The molecule has 7 heteroatoms. The van der Waals surface area contributed by atoms with E-state index >= 15 is 0 Å². The average Bonchev–Trinajstić information content (AvgIpc) is 3.35. The summed E-state index contributed by atoms with van der Waals surface area (Å²) in [6, 6.07) is 6.36. The lowest BCUT2D eigenvalue weighted by Gasteiger charge is -2.41. The number of hydrogen-bond donors (Lipinski definition) is 2. The normalized spacial score (nSPS) is 15.5. The molecule has 34 heavy (non-hydrogen) atoms. The van der Waals surface area contributed by atoms with Crippen molar-refractivity contribution in [1.29, 1.82) is 0 Å². The number of aromatic amines is 1. The minimum Gasteiger partial charge on any atom is -0.493 e. The average molecular weight is 462 g/mol. The maximum Gasteiger partial charge on any atom is 0.163 e. The van der Waals surface area contributed by atoms with Gasteiger partial charge in [0.1, 0.15) is 12.1 Å². The Morgan fingerprint density at radius 1 is 1.21 bits per heavy atom. The summed E-state index contributed by atoms with van der Waals surface area (Å²) in [5.41, 5.74) is 7.36. The van der Waals surface area contributed by atoms with E-state index in [1.807, 2.05) is 18.2 Å². The molecule has 1 aliphatic rings. The van der Waals surface area contributed by atoms with Crippen molar-refractivity contribution in [2.45, 2.75) is 53.1 Å². The number of aromatic nitrogens is 4. The van der Waals surface area contributed by atoms with Crippen LogP contribution in [0.1, 0.15) is 50.3 Å². The minimum atomic E-state index is -0.647. The van der Waals surface area contributed by atoms with Gasteiger partial charge in [-0.15, -0.1) is 10.2 Å². The van der Waals surface area contributed by atoms with Crippen molar-refractivity contribution in [3.05, 3.63) is 47.4 Å². The number of ether oxygens (including phenoxy) is 1. The predicted octanol–water partition coefficient (Wildman–Crippen LogP) is 4.70. The molecule has 0 radical (unpaired) electrons. The number of hydrogen-bond acceptors (Lipinski definition) is 5. The fourth-order valence-electron chi connectivity index (χ4n) is 5.23. The molecule has 0 aliphatic carbocycles. The van der Waals surface area contributed by atoms with Crippen molar-refractivity contribution in [3.63, 3.8) is 0 Å². The molecule has 1 fully saturated rings. The lowest BCUT2D eigenvalue weighted by atomic mass is 9.94. The molecule has 3 aromatic heterocycles. The molecule has 0 bridgehead atoms. The van der Waals surface area contributed by atoms with Gasteiger partial charge in [0.15, 0.2) is 5.65 Å². The van der Waals surface area contributed by atoms with Gasteiger partial charge in [-0.25, -0.2) is 0 Å². The third-order valence-electron chi connectivity index (χ3n) is 6.93. The van der Waals surface area contributed by atoms with Crippen molar-refractivity contribution in [1.82, 2.24) is 24.5 Å². The summed E-state index contributed by atoms with van der Waals surface area (Å²) < 4.78 is 8.21. The van der Waals surface area contributed by atoms with Gasteiger partial charge in [0.25, 0.3) is 0 Å². The molecule has 0 amide bonds. The van der Waals surface area contributed by atoms with E-state index in [9.17, 15) is 5.11 Å². The predicted molar refractivity (Wildman–Crippen MR) is 136 cm³/mol. The fraction of sp³-hybridized carbons (Fsp3) is 0.481. The molecule has 2 N–H and O–H groups in total. The number of nitrogens with zero attached hydrogens (tertiary/aromatic N) is 4. The highest BCUT2D eigenvalue weighted by atomic mass is 16.5. The molecule has 1 aliphatic heterocycles. The highest BCUT2D eigenvalue weighted by molar-refractivity contribution is 5.93. The van der Waals surface area contributed by atoms with Gasteiger partial charge in [-0.3, -0.25) is 9.30 Å². The third kappa shape index (κ3) is 4.18. The molecule has 0 unspecified atom stereocenters. The van der Waals surface area contributed by atoms with Gasteiger partial charge in [-0.2, -0.15) is 0 Å². The molecule has 0 atom stereocenters. The molecular formula is C27H35N5O2. The molecule has 1 aromatic carbocycles. The number of aliphatic hydroxyl groups is 1. The summed E-state index contributed by atoms with van der Waals surface area (Å²) in [6.07, 6.45) is 3.89. The number of benzene rings is 1. The largest absolute Gasteiger partial charge is 0.493 e. The van der Waals surface area contributed by atoms with Crippen LogP contribution in [0, 0.1) is 19.8 Å². The Hall–Kier alpha value is -2.90. The van der Waals surface area contributed by atoms with Crippen LogP contribution in [0.15, 0.2) is 30.7 Å². The van der Waals surface area contributed by atoms with E-state index in [1.165, 1.54) is 22.1 Å². The van der Waals surface area contributed by atoms with E-state index in [0.29, 0.717) is 25.0 Å². The zero-order valence-electron chi connectivity index (χ0n) is 21.0. The Kier molecular flexibility index (Phi) is 5.65. The first-order valence-corrected chi connectivity index (χ1v) is 12.1. The summed E-state index contributed by atoms with van der Waals surface area (Å²) >= 11 is 0. The van der Waals surface area contributed by atoms with Gasteiger partial charge >= 0.3 is 0 Å². The van der Waals surface area contributed by atoms with Gasteiger partial charge in [-0.05, 0) is 68.5 Å². The Morgan fingerprint density at radius 2 is 1.97 bits per heavy atom. The second kappa shape index (κ2) is 8.40. The first kappa shape index (κ1) is 22.9. The first-order chi connectivity index (χ1) is 16.1. The van der Waals surface area contributed by atoms with Crippen molar-refractivity contribution < 1.29 is 9.84 Å². The van der Waals surface area contributed by atoms with Crippen molar-refractivity contribution in [2.24, 2.45) is 5.92 Å². The molecule has 180 valence electrons. The van der Waals surface area contributed by atoms with E-state index < -0.39 is 5.60 Å². The second-order valence-corrected chi connectivity index (χ2v) is 10.8. The molecule has 4 aromatic rings. The zero-order chi connectivity index (χ0) is 24.2.